The number of rotatable bonds is 6. The topological polar surface area (TPSA) is 48.1 Å². The van der Waals surface area contributed by atoms with E-state index < -0.39 is 11.9 Å². The lowest BCUT2D eigenvalue weighted by atomic mass is 10.1. The molecule has 1 rings (SSSR count). The summed E-state index contributed by atoms with van der Waals surface area (Å²) in [4.78, 5) is 3.56. The molecule has 0 aliphatic carbocycles. The molecule has 0 saturated carbocycles. The van der Waals surface area contributed by atoms with Gasteiger partial charge in [0.1, 0.15) is 11.8 Å². The third-order valence-electron chi connectivity index (χ3n) is 2.79. The van der Waals surface area contributed by atoms with Gasteiger partial charge in [-0.1, -0.05) is 40.2 Å². The molecular formula is C15H25F3N2O. The van der Waals surface area contributed by atoms with Crippen LogP contribution in [0.25, 0.3) is 0 Å². The van der Waals surface area contributed by atoms with Gasteiger partial charge in [0.05, 0.1) is 0 Å². The van der Waals surface area contributed by atoms with Crippen molar-refractivity contribution < 1.29 is 17.9 Å². The molecule has 1 aromatic heterocycles. The molecular weight excluding hydrogens is 281 g/mol. The fourth-order valence-electron chi connectivity index (χ4n) is 1.71. The molecule has 0 aliphatic rings. The minimum Gasteiger partial charge on any atom is -0.474 e. The van der Waals surface area contributed by atoms with Crippen molar-refractivity contribution in [3.05, 3.63) is 23.4 Å². The van der Waals surface area contributed by atoms with Gasteiger partial charge in [0.25, 0.3) is 0 Å². The molecule has 0 radical (unpaired) electrons. The first-order valence-electron chi connectivity index (χ1n) is 7.36. The molecule has 122 valence electrons. The lowest BCUT2D eigenvalue weighted by Gasteiger charge is -2.19. The predicted octanol–water partition coefficient (Wildman–Crippen LogP) is 4.54. The number of nitrogens with zero attached hydrogens (tertiary/aromatic N) is 1. The Morgan fingerprint density at radius 3 is 2.29 bits per heavy atom. The van der Waals surface area contributed by atoms with Crippen LogP contribution < -0.4 is 10.5 Å². The van der Waals surface area contributed by atoms with E-state index in [9.17, 15) is 13.2 Å². The average Bonchev–Trinajstić information content (AvgIpc) is 2.47. The number of hydrogen-bond acceptors (Lipinski definition) is 3. The smallest absolute Gasteiger partial charge is 0.433 e. The Morgan fingerprint density at radius 1 is 1.24 bits per heavy atom. The number of nitrogens with two attached hydrogens (primary N) is 1. The van der Waals surface area contributed by atoms with Gasteiger partial charge in [-0.25, -0.2) is 4.98 Å². The van der Waals surface area contributed by atoms with E-state index in [-0.39, 0.29) is 18.5 Å². The van der Waals surface area contributed by atoms with Gasteiger partial charge in [-0.3, -0.25) is 0 Å². The standard InChI is InChI=1S/C13H19F3N2O.C2H6/c1-3-5-10(4-2)19-12-9(8-17)6-7-11(18-12)13(14,15)16;1-2/h6-7,10H,3-5,8,17H2,1-2H3;1-2H3. The van der Waals surface area contributed by atoms with Crippen molar-refractivity contribution in [1.29, 1.82) is 0 Å². The molecule has 0 aliphatic heterocycles. The zero-order valence-corrected chi connectivity index (χ0v) is 13.1. The second-order valence-electron chi connectivity index (χ2n) is 4.30. The first-order valence-corrected chi connectivity index (χ1v) is 7.36. The summed E-state index contributed by atoms with van der Waals surface area (Å²) in [6, 6.07) is 2.25. The maximum Gasteiger partial charge on any atom is 0.433 e. The van der Waals surface area contributed by atoms with Crippen LogP contribution in [-0.2, 0) is 12.7 Å². The van der Waals surface area contributed by atoms with Crippen LogP contribution in [0.2, 0.25) is 0 Å². The van der Waals surface area contributed by atoms with E-state index >= 15 is 0 Å². The van der Waals surface area contributed by atoms with E-state index in [1.165, 1.54) is 6.07 Å². The molecule has 21 heavy (non-hydrogen) atoms. The minimum atomic E-state index is -4.47. The highest BCUT2D eigenvalue weighted by Gasteiger charge is 2.33. The summed E-state index contributed by atoms with van der Waals surface area (Å²) >= 11 is 0. The average molecular weight is 306 g/mol. The van der Waals surface area contributed by atoms with Gasteiger partial charge in [-0.2, -0.15) is 13.2 Å². The third kappa shape index (κ3) is 6.33. The van der Waals surface area contributed by atoms with Gasteiger partial charge < -0.3 is 10.5 Å². The number of hydrogen-bond donors (Lipinski definition) is 1. The monoisotopic (exact) mass is 306 g/mol. The van der Waals surface area contributed by atoms with Crippen LogP contribution in [-0.4, -0.2) is 11.1 Å². The summed E-state index contributed by atoms with van der Waals surface area (Å²) in [5.41, 5.74) is 5.04. The first-order chi connectivity index (χ1) is 9.92. The highest BCUT2D eigenvalue weighted by molar-refractivity contribution is 5.29. The van der Waals surface area contributed by atoms with Crippen LogP contribution in [0.3, 0.4) is 0 Å². The molecule has 1 unspecified atom stereocenters. The summed E-state index contributed by atoms with van der Waals surface area (Å²) in [6.07, 6.45) is -2.22. The van der Waals surface area contributed by atoms with Gasteiger partial charge in [0.15, 0.2) is 0 Å². The van der Waals surface area contributed by atoms with Gasteiger partial charge >= 0.3 is 6.18 Å². The number of halogens is 3. The van der Waals surface area contributed by atoms with Gasteiger partial charge in [0.2, 0.25) is 5.88 Å². The van der Waals surface area contributed by atoms with E-state index in [0.717, 1.165) is 25.3 Å². The number of ether oxygens (including phenoxy) is 1. The Labute approximate surface area is 124 Å². The van der Waals surface area contributed by atoms with Crippen LogP contribution >= 0.6 is 0 Å². The van der Waals surface area contributed by atoms with E-state index in [4.69, 9.17) is 10.5 Å². The van der Waals surface area contributed by atoms with E-state index in [2.05, 4.69) is 4.98 Å². The van der Waals surface area contributed by atoms with Crippen molar-refractivity contribution in [3.63, 3.8) is 0 Å². The largest absolute Gasteiger partial charge is 0.474 e. The van der Waals surface area contributed by atoms with E-state index in [1.54, 1.807) is 0 Å². The van der Waals surface area contributed by atoms with Crippen molar-refractivity contribution in [2.45, 2.75) is 65.8 Å². The fraction of sp³-hybridized carbons (Fsp3) is 0.667. The molecule has 0 amide bonds. The Bertz CT molecular complexity index is 408. The second kappa shape index (κ2) is 9.60. The molecule has 1 aromatic rings. The number of alkyl halides is 3. The molecule has 0 bridgehead atoms. The van der Waals surface area contributed by atoms with Gasteiger partial charge in [0, 0.05) is 12.1 Å². The molecule has 3 nitrogen and oxygen atoms in total. The van der Waals surface area contributed by atoms with Crippen LogP contribution in [0, 0.1) is 0 Å². The maximum absolute atomic E-state index is 12.6. The highest BCUT2D eigenvalue weighted by Crippen LogP contribution is 2.30. The highest BCUT2D eigenvalue weighted by atomic mass is 19.4. The fourth-order valence-corrected chi connectivity index (χ4v) is 1.71. The Kier molecular flexibility index (Phi) is 9.01. The van der Waals surface area contributed by atoms with Crippen LogP contribution in [0.4, 0.5) is 13.2 Å². The zero-order valence-electron chi connectivity index (χ0n) is 13.1. The lowest BCUT2D eigenvalue weighted by Crippen LogP contribution is -2.19. The van der Waals surface area contributed by atoms with Crippen molar-refractivity contribution >= 4 is 0 Å². The normalized spacial score (nSPS) is 12.4. The molecule has 0 aromatic carbocycles. The SMILES string of the molecule is CC.CCCC(CC)Oc1nc(C(F)(F)F)ccc1CN. The van der Waals surface area contributed by atoms with E-state index in [1.807, 2.05) is 27.7 Å². The Hall–Kier alpha value is -1.30. The van der Waals surface area contributed by atoms with Crippen LogP contribution in [0.1, 0.15) is 58.2 Å². The number of aromatic nitrogens is 1. The molecule has 2 N–H and O–H groups in total. The van der Waals surface area contributed by atoms with Gasteiger partial charge in [-0.15, -0.1) is 0 Å². The summed E-state index contributed by atoms with van der Waals surface area (Å²) in [6.45, 7) is 8.02. The van der Waals surface area contributed by atoms with Crippen molar-refractivity contribution in [2.24, 2.45) is 5.73 Å². The molecule has 1 atom stereocenters. The summed E-state index contributed by atoms with van der Waals surface area (Å²) in [5, 5.41) is 0. The van der Waals surface area contributed by atoms with Crippen molar-refractivity contribution in [3.8, 4) is 5.88 Å². The molecule has 0 spiro atoms. The van der Waals surface area contributed by atoms with Crippen molar-refractivity contribution in [1.82, 2.24) is 4.98 Å². The Balaban J connectivity index is 0.00000191. The molecule has 0 saturated heterocycles. The molecule has 6 heteroatoms. The summed E-state index contributed by atoms with van der Waals surface area (Å²) < 4.78 is 43.4. The van der Waals surface area contributed by atoms with Gasteiger partial charge in [-0.05, 0) is 18.9 Å². The molecule has 1 heterocycles. The zero-order chi connectivity index (χ0) is 16.5. The van der Waals surface area contributed by atoms with Crippen molar-refractivity contribution in [2.75, 3.05) is 0 Å². The predicted molar refractivity (Wildman–Crippen MR) is 78.1 cm³/mol. The maximum atomic E-state index is 12.6. The summed E-state index contributed by atoms with van der Waals surface area (Å²) in [7, 11) is 0. The lowest BCUT2D eigenvalue weighted by molar-refractivity contribution is -0.141. The quantitative estimate of drug-likeness (QED) is 0.839. The molecule has 0 fully saturated rings. The summed E-state index contributed by atoms with van der Waals surface area (Å²) in [5.74, 6) is -0.00220. The third-order valence-corrected chi connectivity index (χ3v) is 2.79. The van der Waals surface area contributed by atoms with Crippen LogP contribution in [0.15, 0.2) is 12.1 Å². The first kappa shape index (κ1) is 19.7. The Morgan fingerprint density at radius 2 is 1.86 bits per heavy atom. The van der Waals surface area contributed by atoms with E-state index in [0.29, 0.717) is 5.56 Å². The minimum absolute atomic E-state index is 0.00220. The van der Waals surface area contributed by atoms with Crippen LogP contribution in [0.5, 0.6) is 5.88 Å². The second-order valence-corrected chi connectivity index (χ2v) is 4.30. The number of pyridine rings is 1.